The zero-order valence-corrected chi connectivity index (χ0v) is 7.66. The van der Waals surface area contributed by atoms with Gasteiger partial charge in [-0.2, -0.15) is 0 Å². The van der Waals surface area contributed by atoms with Crippen molar-refractivity contribution in [3.8, 4) is 0 Å². The lowest BCUT2D eigenvalue weighted by molar-refractivity contribution is -0.112. The molecule has 2 heteroatoms. The molecule has 0 heterocycles. The lowest BCUT2D eigenvalue weighted by Crippen LogP contribution is -1.95. The minimum atomic E-state index is 0.0538. The lowest BCUT2D eigenvalue weighted by Gasteiger charge is -1.97. The summed E-state index contributed by atoms with van der Waals surface area (Å²) >= 11 is 0. The van der Waals surface area contributed by atoms with Gasteiger partial charge in [0.1, 0.15) is 0 Å². The van der Waals surface area contributed by atoms with E-state index in [1.807, 2.05) is 24.3 Å². The summed E-state index contributed by atoms with van der Waals surface area (Å²) in [6, 6.07) is 7.81. The molecule has 1 aromatic carbocycles. The number of benzene rings is 1. The first-order chi connectivity index (χ1) is 6.22. The van der Waals surface area contributed by atoms with Crippen LogP contribution in [0.25, 0.3) is 6.08 Å². The third kappa shape index (κ3) is 3.22. The van der Waals surface area contributed by atoms with Crippen LogP contribution in [0.4, 0.5) is 0 Å². The van der Waals surface area contributed by atoms with Gasteiger partial charge in [-0.1, -0.05) is 30.3 Å². The van der Waals surface area contributed by atoms with E-state index < -0.39 is 0 Å². The molecule has 0 fully saturated rings. The van der Waals surface area contributed by atoms with Crippen molar-refractivity contribution >= 4 is 11.9 Å². The maximum absolute atomic E-state index is 10.7. The maximum Gasteiger partial charge on any atom is 0.152 e. The van der Waals surface area contributed by atoms with Crippen molar-refractivity contribution in [2.24, 2.45) is 5.73 Å². The third-order valence-corrected chi connectivity index (χ3v) is 1.70. The summed E-state index contributed by atoms with van der Waals surface area (Å²) in [7, 11) is 0. The number of rotatable bonds is 3. The summed E-state index contributed by atoms with van der Waals surface area (Å²) in [5.41, 5.74) is 7.57. The summed E-state index contributed by atoms with van der Waals surface area (Å²) in [6.45, 7) is 2.06. The Bertz CT molecular complexity index is 329. The second-order valence-corrected chi connectivity index (χ2v) is 2.89. The smallest absolute Gasteiger partial charge is 0.152 e. The van der Waals surface area contributed by atoms with Crippen LogP contribution in [0, 0.1) is 0 Å². The Balaban J connectivity index is 2.83. The van der Waals surface area contributed by atoms with E-state index >= 15 is 0 Å². The van der Waals surface area contributed by atoms with Crippen molar-refractivity contribution in [2.45, 2.75) is 13.5 Å². The number of carbonyl (C=O) groups is 1. The van der Waals surface area contributed by atoms with Crippen molar-refractivity contribution in [3.05, 3.63) is 41.5 Å². The number of nitrogens with two attached hydrogens (primary N) is 1. The zero-order valence-electron chi connectivity index (χ0n) is 7.66. The zero-order chi connectivity index (χ0) is 9.68. The SMILES string of the molecule is CC(=O)/C=C/c1cccc(CN)c1. The van der Waals surface area contributed by atoms with Crippen LogP contribution >= 0.6 is 0 Å². The average Bonchev–Trinajstić information content (AvgIpc) is 2.15. The van der Waals surface area contributed by atoms with E-state index in [2.05, 4.69) is 0 Å². The molecule has 2 N–H and O–H groups in total. The molecule has 0 saturated carbocycles. The molecule has 1 rings (SSSR count). The molecule has 68 valence electrons. The fourth-order valence-electron chi connectivity index (χ4n) is 1.04. The van der Waals surface area contributed by atoms with Crippen LogP contribution in [0.1, 0.15) is 18.1 Å². The van der Waals surface area contributed by atoms with Crippen LogP contribution < -0.4 is 5.73 Å². The van der Waals surface area contributed by atoms with E-state index in [0.717, 1.165) is 11.1 Å². The van der Waals surface area contributed by atoms with E-state index in [1.165, 1.54) is 6.92 Å². The molecule has 0 aliphatic rings. The van der Waals surface area contributed by atoms with Crippen molar-refractivity contribution in [3.63, 3.8) is 0 Å². The Kier molecular flexibility index (Phi) is 3.41. The molecule has 0 bridgehead atoms. The largest absolute Gasteiger partial charge is 0.326 e. The van der Waals surface area contributed by atoms with Gasteiger partial charge in [-0.15, -0.1) is 0 Å². The summed E-state index contributed by atoms with van der Waals surface area (Å²) in [4.78, 5) is 10.7. The van der Waals surface area contributed by atoms with Gasteiger partial charge in [0.05, 0.1) is 0 Å². The van der Waals surface area contributed by atoms with Gasteiger partial charge in [0.15, 0.2) is 5.78 Å². The molecule has 0 unspecified atom stereocenters. The Hall–Kier alpha value is -1.41. The Morgan fingerprint density at radius 3 is 2.92 bits per heavy atom. The summed E-state index contributed by atoms with van der Waals surface area (Å²) < 4.78 is 0. The fraction of sp³-hybridized carbons (Fsp3) is 0.182. The van der Waals surface area contributed by atoms with Crippen LogP contribution in [-0.2, 0) is 11.3 Å². The Morgan fingerprint density at radius 1 is 1.54 bits per heavy atom. The van der Waals surface area contributed by atoms with Gasteiger partial charge < -0.3 is 5.73 Å². The topological polar surface area (TPSA) is 43.1 Å². The maximum atomic E-state index is 10.7. The van der Waals surface area contributed by atoms with Gasteiger partial charge in [0.2, 0.25) is 0 Å². The van der Waals surface area contributed by atoms with Gasteiger partial charge in [0.25, 0.3) is 0 Å². The molecule has 1 aromatic rings. The summed E-state index contributed by atoms with van der Waals surface area (Å²) in [6.07, 6.45) is 3.34. The van der Waals surface area contributed by atoms with Gasteiger partial charge in [-0.25, -0.2) is 0 Å². The highest BCUT2D eigenvalue weighted by atomic mass is 16.1. The molecule has 0 aliphatic heterocycles. The van der Waals surface area contributed by atoms with Crippen LogP contribution in [0.3, 0.4) is 0 Å². The van der Waals surface area contributed by atoms with E-state index in [9.17, 15) is 4.79 Å². The van der Waals surface area contributed by atoms with Crippen molar-refractivity contribution < 1.29 is 4.79 Å². The number of hydrogen-bond donors (Lipinski definition) is 1. The standard InChI is InChI=1S/C11H13NO/c1-9(13)5-6-10-3-2-4-11(7-10)8-12/h2-7H,8,12H2,1H3/b6-5+. The van der Waals surface area contributed by atoms with Crippen molar-refractivity contribution in [1.29, 1.82) is 0 Å². The molecule has 2 nitrogen and oxygen atoms in total. The highest BCUT2D eigenvalue weighted by molar-refractivity contribution is 5.91. The number of allylic oxidation sites excluding steroid dienone is 1. The Labute approximate surface area is 78.1 Å². The Morgan fingerprint density at radius 2 is 2.31 bits per heavy atom. The highest BCUT2D eigenvalue weighted by Gasteiger charge is 1.90. The molecule has 0 aliphatic carbocycles. The number of hydrogen-bond acceptors (Lipinski definition) is 2. The lowest BCUT2D eigenvalue weighted by atomic mass is 10.1. The molecular formula is C11H13NO. The molecule has 13 heavy (non-hydrogen) atoms. The predicted molar refractivity (Wildman–Crippen MR) is 54.0 cm³/mol. The first-order valence-electron chi connectivity index (χ1n) is 4.20. The molecular weight excluding hydrogens is 162 g/mol. The quantitative estimate of drug-likeness (QED) is 0.711. The minimum absolute atomic E-state index is 0.0538. The van der Waals surface area contributed by atoms with Gasteiger partial charge >= 0.3 is 0 Å². The number of carbonyl (C=O) groups excluding carboxylic acids is 1. The van der Waals surface area contributed by atoms with E-state index in [1.54, 1.807) is 12.2 Å². The first-order valence-corrected chi connectivity index (χ1v) is 4.20. The van der Waals surface area contributed by atoms with Gasteiger partial charge in [-0.3, -0.25) is 4.79 Å². The summed E-state index contributed by atoms with van der Waals surface area (Å²) in [5, 5.41) is 0. The van der Waals surface area contributed by atoms with Gasteiger partial charge in [-0.05, 0) is 24.1 Å². The fourth-order valence-corrected chi connectivity index (χ4v) is 1.04. The molecule has 0 aromatic heterocycles. The minimum Gasteiger partial charge on any atom is -0.326 e. The van der Waals surface area contributed by atoms with E-state index in [0.29, 0.717) is 6.54 Å². The second kappa shape index (κ2) is 4.58. The predicted octanol–water partition coefficient (Wildman–Crippen LogP) is 1.75. The van der Waals surface area contributed by atoms with E-state index in [4.69, 9.17) is 5.73 Å². The molecule has 0 saturated heterocycles. The van der Waals surface area contributed by atoms with Crippen LogP contribution in [0.15, 0.2) is 30.3 Å². The van der Waals surface area contributed by atoms with E-state index in [-0.39, 0.29) is 5.78 Å². The van der Waals surface area contributed by atoms with Gasteiger partial charge in [0, 0.05) is 6.54 Å². The average molecular weight is 175 g/mol. The molecule has 0 spiro atoms. The first kappa shape index (κ1) is 9.68. The highest BCUT2D eigenvalue weighted by Crippen LogP contribution is 2.06. The third-order valence-electron chi connectivity index (χ3n) is 1.70. The monoisotopic (exact) mass is 175 g/mol. The van der Waals surface area contributed by atoms with Crippen LogP contribution in [-0.4, -0.2) is 5.78 Å². The molecule has 0 atom stereocenters. The van der Waals surface area contributed by atoms with Crippen LogP contribution in [0.5, 0.6) is 0 Å². The molecule has 0 amide bonds. The van der Waals surface area contributed by atoms with Crippen LogP contribution in [0.2, 0.25) is 0 Å². The van der Waals surface area contributed by atoms with Crippen molar-refractivity contribution in [1.82, 2.24) is 0 Å². The normalized spacial score (nSPS) is 10.6. The summed E-state index contributed by atoms with van der Waals surface area (Å²) in [5.74, 6) is 0.0538. The second-order valence-electron chi connectivity index (χ2n) is 2.89. The number of ketones is 1. The van der Waals surface area contributed by atoms with Crippen molar-refractivity contribution in [2.75, 3.05) is 0 Å². The molecule has 0 radical (unpaired) electrons.